The molecule has 2 atom stereocenters. The van der Waals surface area contributed by atoms with E-state index in [4.69, 9.17) is 10.5 Å². The zero-order valence-electron chi connectivity index (χ0n) is 8.88. The summed E-state index contributed by atoms with van der Waals surface area (Å²) in [4.78, 5) is 11.3. The quantitative estimate of drug-likeness (QED) is 0.644. The first-order chi connectivity index (χ1) is 6.11. The third kappa shape index (κ3) is 5.64. The number of carbonyl (C=O) groups is 1. The number of nitrogens with two attached hydrogens (primary N) is 1. The van der Waals surface area contributed by atoms with E-state index in [1.54, 1.807) is 0 Å². The summed E-state index contributed by atoms with van der Waals surface area (Å²) in [6.45, 7) is 6.40. The molecule has 0 radical (unpaired) electrons. The summed E-state index contributed by atoms with van der Waals surface area (Å²) in [5.74, 6) is -0.185. The molecular weight excluding hydrogens is 166 g/mol. The minimum Gasteiger partial charge on any atom is -0.462 e. The third-order valence-electron chi connectivity index (χ3n) is 2.01. The number of rotatable bonds is 6. The lowest BCUT2D eigenvalue weighted by Gasteiger charge is -2.15. The van der Waals surface area contributed by atoms with E-state index in [1.165, 1.54) is 0 Å². The Bertz CT molecular complexity index is 148. The molecule has 0 fully saturated rings. The lowest BCUT2D eigenvalue weighted by Crippen LogP contribution is -2.22. The second kappa shape index (κ2) is 6.89. The van der Waals surface area contributed by atoms with E-state index in [1.807, 2.05) is 13.8 Å². The van der Waals surface area contributed by atoms with Gasteiger partial charge in [0, 0.05) is 0 Å². The van der Waals surface area contributed by atoms with E-state index in [0.717, 1.165) is 12.8 Å². The Hall–Kier alpha value is -0.570. The van der Waals surface area contributed by atoms with Crippen molar-refractivity contribution in [1.29, 1.82) is 0 Å². The highest BCUT2D eigenvalue weighted by atomic mass is 16.5. The summed E-state index contributed by atoms with van der Waals surface area (Å²) in [5.41, 5.74) is 5.35. The van der Waals surface area contributed by atoms with Crippen LogP contribution < -0.4 is 5.73 Å². The zero-order chi connectivity index (χ0) is 10.3. The number of ether oxygens (including phenoxy) is 1. The predicted molar refractivity (Wildman–Crippen MR) is 53.3 cm³/mol. The molecule has 0 aliphatic carbocycles. The van der Waals surface area contributed by atoms with Crippen LogP contribution in [0.3, 0.4) is 0 Å². The molecule has 0 aromatic heterocycles. The van der Waals surface area contributed by atoms with E-state index >= 15 is 0 Å². The molecule has 0 aliphatic rings. The van der Waals surface area contributed by atoms with Crippen LogP contribution in [0.5, 0.6) is 0 Å². The molecule has 0 aliphatic heterocycles. The number of hydrogen-bond acceptors (Lipinski definition) is 3. The maximum Gasteiger partial charge on any atom is 0.308 e. The van der Waals surface area contributed by atoms with E-state index in [0.29, 0.717) is 13.0 Å². The lowest BCUT2D eigenvalue weighted by molar-refractivity contribution is -0.153. The van der Waals surface area contributed by atoms with Gasteiger partial charge in [0.15, 0.2) is 0 Å². The minimum atomic E-state index is -0.119. The van der Waals surface area contributed by atoms with Gasteiger partial charge in [-0.05, 0) is 26.3 Å². The van der Waals surface area contributed by atoms with Crippen LogP contribution in [0.4, 0.5) is 0 Å². The molecule has 3 heteroatoms. The van der Waals surface area contributed by atoms with Crippen LogP contribution in [0, 0.1) is 5.92 Å². The fraction of sp³-hybridized carbons (Fsp3) is 0.900. The van der Waals surface area contributed by atoms with Gasteiger partial charge in [-0.1, -0.05) is 20.3 Å². The van der Waals surface area contributed by atoms with E-state index in [-0.39, 0.29) is 18.0 Å². The molecule has 0 heterocycles. The van der Waals surface area contributed by atoms with E-state index in [9.17, 15) is 4.79 Å². The van der Waals surface area contributed by atoms with Crippen LogP contribution in [0.25, 0.3) is 0 Å². The highest BCUT2D eigenvalue weighted by Gasteiger charge is 2.15. The monoisotopic (exact) mass is 187 g/mol. The van der Waals surface area contributed by atoms with Gasteiger partial charge < -0.3 is 10.5 Å². The molecule has 0 amide bonds. The highest BCUT2D eigenvalue weighted by Crippen LogP contribution is 2.08. The van der Waals surface area contributed by atoms with Crippen molar-refractivity contribution in [3.63, 3.8) is 0 Å². The molecule has 0 bridgehead atoms. The molecule has 2 N–H and O–H groups in total. The van der Waals surface area contributed by atoms with E-state index in [2.05, 4.69) is 6.92 Å². The zero-order valence-corrected chi connectivity index (χ0v) is 8.88. The molecule has 78 valence electrons. The van der Waals surface area contributed by atoms with Crippen LogP contribution in [-0.2, 0) is 9.53 Å². The van der Waals surface area contributed by atoms with Gasteiger partial charge in [-0.3, -0.25) is 4.79 Å². The summed E-state index contributed by atoms with van der Waals surface area (Å²) in [7, 11) is 0. The topological polar surface area (TPSA) is 52.3 Å². The normalized spacial score (nSPS) is 15.1. The Morgan fingerprint density at radius 1 is 1.38 bits per heavy atom. The Labute approximate surface area is 80.6 Å². The molecule has 0 saturated heterocycles. The smallest absolute Gasteiger partial charge is 0.308 e. The SMILES string of the molecule is CCCC(C)OC(=O)C(C)CCN. The van der Waals surface area contributed by atoms with Crippen LogP contribution in [-0.4, -0.2) is 18.6 Å². The van der Waals surface area contributed by atoms with Crippen molar-refractivity contribution in [2.45, 2.75) is 46.1 Å². The van der Waals surface area contributed by atoms with Gasteiger partial charge >= 0.3 is 5.97 Å². The van der Waals surface area contributed by atoms with Gasteiger partial charge in [0.2, 0.25) is 0 Å². The predicted octanol–water partition coefficient (Wildman–Crippen LogP) is 1.70. The molecule has 0 spiro atoms. The van der Waals surface area contributed by atoms with Crippen LogP contribution >= 0.6 is 0 Å². The van der Waals surface area contributed by atoms with Crippen molar-refractivity contribution in [2.24, 2.45) is 11.7 Å². The van der Waals surface area contributed by atoms with Crippen LogP contribution in [0.2, 0.25) is 0 Å². The molecule has 3 nitrogen and oxygen atoms in total. The Morgan fingerprint density at radius 3 is 2.46 bits per heavy atom. The first-order valence-electron chi connectivity index (χ1n) is 5.02. The second-order valence-electron chi connectivity index (χ2n) is 3.51. The molecule has 0 aromatic carbocycles. The number of carbonyl (C=O) groups excluding carboxylic acids is 1. The molecule has 2 unspecified atom stereocenters. The molecule has 13 heavy (non-hydrogen) atoms. The first-order valence-corrected chi connectivity index (χ1v) is 5.02. The Balaban J connectivity index is 3.71. The lowest BCUT2D eigenvalue weighted by atomic mass is 10.1. The van der Waals surface area contributed by atoms with Crippen molar-refractivity contribution in [1.82, 2.24) is 0 Å². The Kier molecular flexibility index (Phi) is 6.59. The summed E-state index contributed by atoms with van der Waals surface area (Å²) in [6, 6.07) is 0. The van der Waals surface area contributed by atoms with Crippen molar-refractivity contribution in [3.8, 4) is 0 Å². The average Bonchev–Trinajstić information content (AvgIpc) is 2.05. The van der Waals surface area contributed by atoms with Crippen molar-refractivity contribution >= 4 is 5.97 Å². The van der Waals surface area contributed by atoms with Crippen LogP contribution in [0.1, 0.15) is 40.0 Å². The number of hydrogen-bond donors (Lipinski definition) is 1. The van der Waals surface area contributed by atoms with Gasteiger partial charge in [0.05, 0.1) is 12.0 Å². The summed E-state index contributed by atoms with van der Waals surface area (Å²) in [5, 5.41) is 0. The van der Waals surface area contributed by atoms with E-state index < -0.39 is 0 Å². The maximum atomic E-state index is 11.3. The summed E-state index contributed by atoms with van der Waals surface area (Å²) >= 11 is 0. The second-order valence-corrected chi connectivity index (χ2v) is 3.51. The third-order valence-corrected chi connectivity index (χ3v) is 2.01. The fourth-order valence-corrected chi connectivity index (χ4v) is 1.15. The standard InChI is InChI=1S/C10H21NO2/c1-4-5-9(3)13-10(12)8(2)6-7-11/h8-9H,4-7,11H2,1-3H3. The van der Waals surface area contributed by atoms with Crippen molar-refractivity contribution in [3.05, 3.63) is 0 Å². The molecular formula is C10H21NO2. The number of esters is 1. The van der Waals surface area contributed by atoms with Gasteiger partial charge in [0.25, 0.3) is 0 Å². The largest absolute Gasteiger partial charge is 0.462 e. The maximum absolute atomic E-state index is 11.3. The van der Waals surface area contributed by atoms with Crippen molar-refractivity contribution < 1.29 is 9.53 Å². The minimum absolute atomic E-state index is 0.0396. The fourth-order valence-electron chi connectivity index (χ4n) is 1.15. The van der Waals surface area contributed by atoms with Gasteiger partial charge in [-0.25, -0.2) is 0 Å². The molecule has 0 rings (SSSR count). The van der Waals surface area contributed by atoms with Gasteiger partial charge in [0.1, 0.15) is 0 Å². The summed E-state index contributed by atoms with van der Waals surface area (Å²) in [6.07, 6.45) is 2.72. The van der Waals surface area contributed by atoms with Crippen molar-refractivity contribution in [2.75, 3.05) is 6.54 Å². The van der Waals surface area contributed by atoms with Gasteiger partial charge in [-0.15, -0.1) is 0 Å². The van der Waals surface area contributed by atoms with Crippen LogP contribution in [0.15, 0.2) is 0 Å². The summed E-state index contributed by atoms with van der Waals surface area (Å²) < 4.78 is 5.21. The molecule has 0 saturated carbocycles. The van der Waals surface area contributed by atoms with Gasteiger partial charge in [-0.2, -0.15) is 0 Å². The molecule has 0 aromatic rings. The first kappa shape index (κ1) is 12.4. The highest BCUT2D eigenvalue weighted by molar-refractivity contribution is 5.72. The average molecular weight is 187 g/mol. The Morgan fingerprint density at radius 2 is 2.00 bits per heavy atom.